The van der Waals surface area contributed by atoms with Crippen molar-refractivity contribution in [1.82, 2.24) is 25.1 Å². The van der Waals surface area contributed by atoms with Crippen molar-refractivity contribution in [2.75, 3.05) is 6.61 Å². The summed E-state index contributed by atoms with van der Waals surface area (Å²) >= 11 is 6.17. The third-order valence-electron chi connectivity index (χ3n) is 3.64. The lowest BCUT2D eigenvalue weighted by Gasteiger charge is -2.31. The van der Waals surface area contributed by atoms with Gasteiger partial charge in [0.2, 0.25) is 0 Å². The Hall–Kier alpha value is -2.19. The Bertz CT molecular complexity index is 704. The van der Waals surface area contributed by atoms with E-state index < -0.39 is 17.9 Å². The fourth-order valence-electron chi connectivity index (χ4n) is 2.60. The Balaban J connectivity index is 2.02. The van der Waals surface area contributed by atoms with Crippen LogP contribution >= 0.6 is 11.6 Å². The second-order valence-electron chi connectivity index (χ2n) is 5.39. The summed E-state index contributed by atoms with van der Waals surface area (Å²) in [5.74, 6) is 0. The molecule has 1 atom stereocenters. The van der Waals surface area contributed by atoms with E-state index in [0.29, 0.717) is 10.7 Å². The molecule has 2 aromatic rings. The van der Waals surface area contributed by atoms with Gasteiger partial charge in [-0.3, -0.25) is 4.90 Å². The summed E-state index contributed by atoms with van der Waals surface area (Å²) in [6.07, 6.45) is 0.390. The van der Waals surface area contributed by atoms with Crippen molar-refractivity contribution in [2.24, 2.45) is 0 Å². The van der Waals surface area contributed by atoms with Gasteiger partial charge in [-0.25, -0.2) is 4.79 Å². The Morgan fingerprint density at radius 3 is 2.91 bits per heavy atom. The molecule has 3 rings (SSSR count). The summed E-state index contributed by atoms with van der Waals surface area (Å²) in [7, 11) is 0. The zero-order valence-electron chi connectivity index (χ0n) is 12.0. The molecule has 0 bridgehead atoms. The van der Waals surface area contributed by atoms with E-state index >= 15 is 0 Å². The summed E-state index contributed by atoms with van der Waals surface area (Å²) in [4.78, 5) is 12.9. The predicted octanol–water partition coefficient (Wildman–Crippen LogP) is 2.10. The van der Waals surface area contributed by atoms with Crippen LogP contribution in [0.3, 0.4) is 0 Å². The molecule has 1 N–H and O–H groups in total. The van der Waals surface area contributed by atoms with Gasteiger partial charge in [0.25, 0.3) is 0 Å². The van der Waals surface area contributed by atoms with Gasteiger partial charge >= 0.3 is 6.09 Å². The number of tetrazole rings is 1. The maximum absolute atomic E-state index is 11.6. The average molecular weight is 324 g/mol. The zero-order chi connectivity index (χ0) is 15.9. The maximum atomic E-state index is 11.6. The minimum atomic E-state index is -1.04. The minimum absolute atomic E-state index is 0.274. The van der Waals surface area contributed by atoms with E-state index in [4.69, 9.17) is 16.3 Å². The molecule has 1 aliphatic rings. The molecule has 1 fully saturated rings. The van der Waals surface area contributed by atoms with Crippen LogP contribution in [0, 0.1) is 0 Å². The summed E-state index contributed by atoms with van der Waals surface area (Å²) in [6.45, 7) is 3.72. The lowest BCUT2D eigenvalue weighted by Crippen LogP contribution is -2.44. The number of hydrogen-bond donors (Lipinski definition) is 1. The molecule has 22 heavy (non-hydrogen) atoms. The summed E-state index contributed by atoms with van der Waals surface area (Å²) < 4.78 is 7.04. The number of carboxylic acid groups (broad SMARTS) is 1. The van der Waals surface area contributed by atoms with Gasteiger partial charge in [-0.05, 0) is 42.0 Å². The van der Waals surface area contributed by atoms with Crippen molar-refractivity contribution >= 4 is 17.7 Å². The van der Waals surface area contributed by atoms with Crippen LogP contribution in [0.2, 0.25) is 5.02 Å². The second kappa shape index (κ2) is 5.22. The molecule has 0 aliphatic carbocycles. The topological polar surface area (TPSA) is 93.4 Å². The fourth-order valence-corrected chi connectivity index (χ4v) is 2.80. The van der Waals surface area contributed by atoms with Gasteiger partial charge in [0.15, 0.2) is 0 Å². The monoisotopic (exact) mass is 323 g/mol. The van der Waals surface area contributed by atoms with E-state index in [1.165, 1.54) is 15.9 Å². The van der Waals surface area contributed by atoms with Crippen LogP contribution in [-0.2, 0) is 4.74 Å². The molecule has 1 aromatic carbocycles. The first-order valence-corrected chi connectivity index (χ1v) is 6.97. The van der Waals surface area contributed by atoms with E-state index in [2.05, 4.69) is 15.5 Å². The molecule has 0 radical (unpaired) electrons. The lowest BCUT2D eigenvalue weighted by atomic mass is 10.1. The van der Waals surface area contributed by atoms with Crippen LogP contribution in [0.1, 0.15) is 25.5 Å². The molecule has 8 nitrogen and oxygen atoms in total. The Morgan fingerprint density at radius 1 is 1.50 bits per heavy atom. The van der Waals surface area contributed by atoms with Gasteiger partial charge in [0.1, 0.15) is 12.1 Å². The largest absolute Gasteiger partial charge is 0.465 e. The third-order valence-corrected chi connectivity index (χ3v) is 3.96. The predicted molar refractivity (Wildman–Crippen MR) is 76.8 cm³/mol. The second-order valence-corrected chi connectivity index (χ2v) is 5.80. The Labute approximate surface area is 131 Å². The van der Waals surface area contributed by atoms with Crippen molar-refractivity contribution in [3.05, 3.63) is 35.1 Å². The van der Waals surface area contributed by atoms with E-state index in [-0.39, 0.29) is 6.61 Å². The molecular formula is C13H14ClN5O3. The van der Waals surface area contributed by atoms with E-state index in [0.717, 1.165) is 5.56 Å². The van der Waals surface area contributed by atoms with Gasteiger partial charge in [0.05, 0.1) is 23.4 Å². The van der Waals surface area contributed by atoms with E-state index in [1.807, 2.05) is 0 Å². The first-order valence-electron chi connectivity index (χ1n) is 6.59. The molecule has 0 unspecified atom stereocenters. The first-order chi connectivity index (χ1) is 10.4. The third kappa shape index (κ3) is 2.40. The molecule has 116 valence electrons. The van der Waals surface area contributed by atoms with Crippen LogP contribution in [0.15, 0.2) is 24.5 Å². The summed E-state index contributed by atoms with van der Waals surface area (Å²) in [5.41, 5.74) is 0.465. The van der Waals surface area contributed by atoms with Crippen LogP contribution in [0.4, 0.5) is 4.79 Å². The van der Waals surface area contributed by atoms with Gasteiger partial charge in [-0.2, -0.15) is 4.68 Å². The van der Waals surface area contributed by atoms with Crippen LogP contribution in [0.5, 0.6) is 0 Å². The smallest absolute Gasteiger partial charge is 0.410 e. The SMILES string of the molecule is CC1(C)OC[C@H](c2ccc(Cl)c(-n3cnnn3)c2)N1C(=O)O. The van der Waals surface area contributed by atoms with Crippen LogP contribution in [0.25, 0.3) is 5.69 Å². The number of amides is 1. The van der Waals surface area contributed by atoms with E-state index in [9.17, 15) is 9.90 Å². The standard InChI is InChI=1S/C13H14ClN5O3/c1-13(2)19(12(20)21)11(6-22-13)8-3-4-9(14)10(5-8)18-7-15-16-17-18/h3-5,7,11H,6H2,1-2H3,(H,20,21)/t11-/m1/s1. The molecule has 1 aliphatic heterocycles. The Morgan fingerprint density at radius 2 is 2.27 bits per heavy atom. The molecule has 1 saturated heterocycles. The number of halogens is 1. The maximum Gasteiger partial charge on any atom is 0.410 e. The number of nitrogens with zero attached hydrogens (tertiary/aromatic N) is 5. The van der Waals surface area contributed by atoms with Gasteiger partial charge in [0, 0.05) is 0 Å². The fraction of sp³-hybridized carbons (Fsp3) is 0.385. The summed E-state index contributed by atoms with van der Waals surface area (Å²) in [6, 6.07) is 4.82. The molecule has 1 aromatic heterocycles. The lowest BCUT2D eigenvalue weighted by molar-refractivity contribution is -0.0420. The number of aromatic nitrogens is 4. The first kappa shape index (κ1) is 14.7. The van der Waals surface area contributed by atoms with Crippen molar-refractivity contribution < 1.29 is 14.6 Å². The highest BCUT2D eigenvalue weighted by Crippen LogP contribution is 2.38. The van der Waals surface area contributed by atoms with Gasteiger partial charge < -0.3 is 9.84 Å². The van der Waals surface area contributed by atoms with Crippen molar-refractivity contribution in [3.63, 3.8) is 0 Å². The zero-order valence-corrected chi connectivity index (χ0v) is 12.7. The minimum Gasteiger partial charge on any atom is -0.465 e. The van der Waals surface area contributed by atoms with Crippen molar-refractivity contribution in [2.45, 2.75) is 25.6 Å². The van der Waals surface area contributed by atoms with Crippen molar-refractivity contribution in [1.29, 1.82) is 0 Å². The number of rotatable bonds is 2. The highest BCUT2D eigenvalue weighted by Gasteiger charge is 2.44. The highest BCUT2D eigenvalue weighted by atomic mass is 35.5. The molecule has 2 heterocycles. The van der Waals surface area contributed by atoms with Crippen molar-refractivity contribution in [3.8, 4) is 5.69 Å². The number of hydrogen-bond acceptors (Lipinski definition) is 5. The summed E-state index contributed by atoms with van der Waals surface area (Å²) in [5, 5.41) is 20.9. The van der Waals surface area contributed by atoms with Gasteiger partial charge in [-0.1, -0.05) is 17.7 Å². The van der Waals surface area contributed by atoms with Gasteiger partial charge in [-0.15, -0.1) is 5.10 Å². The highest BCUT2D eigenvalue weighted by molar-refractivity contribution is 6.32. The number of benzene rings is 1. The molecule has 0 spiro atoms. The number of carbonyl (C=O) groups is 1. The molecule has 0 saturated carbocycles. The van der Waals surface area contributed by atoms with Crippen LogP contribution < -0.4 is 0 Å². The normalized spacial score (nSPS) is 20.3. The molecular weight excluding hydrogens is 310 g/mol. The van der Waals surface area contributed by atoms with Crippen LogP contribution in [-0.4, -0.2) is 48.6 Å². The molecule has 1 amide bonds. The Kier molecular flexibility index (Phi) is 3.50. The average Bonchev–Trinajstić information content (AvgIpc) is 3.06. The van der Waals surface area contributed by atoms with E-state index in [1.54, 1.807) is 32.0 Å². The quantitative estimate of drug-likeness (QED) is 0.909. The number of ether oxygens (including phenoxy) is 1. The molecule has 9 heteroatoms.